The predicted molar refractivity (Wildman–Crippen MR) is 171 cm³/mol. The van der Waals surface area contributed by atoms with Crippen LogP contribution in [-0.4, -0.2) is 0 Å². The minimum absolute atomic E-state index is 0.0214. The van der Waals surface area contributed by atoms with E-state index in [1.165, 1.54) is 50.5 Å². The van der Waals surface area contributed by atoms with E-state index in [0.717, 1.165) is 12.8 Å². The molecule has 0 bridgehead atoms. The van der Waals surface area contributed by atoms with E-state index < -0.39 is 0 Å². The van der Waals surface area contributed by atoms with Crippen LogP contribution in [0.5, 0.6) is 0 Å². The summed E-state index contributed by atoms with van der Waals surface area (Å²) in [5.74, 6) is 0. The van der Waals surface area contributed by atoms with E-state index in [-0.39, 0.29) is 5.41 Å². The Hall–Kier alpha value is -3.58. The second-order valence-corrected chi connectivity index (χ2v) is 9.76. The summed E-state index contributed by atoms with van der Waals surface area (Å²) in [5, 5.41) is 0. The minimum Gasteiger partial charge on any atom is -0.310 e. The van der Waals surface area contributed by atoms with Gasteiger partial charge in [0.1, 0.15) is 0 Å². The molecule has 3 aromatic carbocycles. The molecule has 198 valence electrons. The number of anilines is 3. The second kappa shape index (κ2) is 13.3. The summed E-state index contributed by atoms with van der Waals surface area (Å²) in [7, 11) is 0. The fourth-order valence-electron chi connectivity index (χ4n) is 5.34. The van der Waals surface area contributed by atoms with Crippen molar-refractivity contribution in [1.82, 2.24) is 0 Å². The van der Waals surface area contributed by atoms with Crippen molar-refractivity contribution in [3.63, 3.8) is 0 Å². The van der Waals surface area contributed by atoms with Crippen LogP contribution in [0.4, 0.5) is 17.1 Å². The van der Waals surface area contributed by atoms with Crippen molar-refractivity contribution in [1.29, 1.82) is 0 Å². The first-order chi connectivity index (χ1) is 18.5. The lowest BCUT2D eigenvalue weighted by Gasteiger charge is -2.28. The Labute approximate surface area is 231 Å². The van der Waals surface area contributed by atoms with E-state index in [0.29, 0.717) is 0 Å². The fraction of sp³-hybridized carbons (Fsp3) is 0.297. The monoisotopic (exact) mass is 503 g/mol. The fourth-order valence-corrected chi connectivity index (χ4v) is 5.34. The summed E-state index contributed by atoms with van der Waals surface area (Å²) in [5.41, 5.74) is 11.8. The summed E-state index contributed by atoms with van der Waals surface area (Å²) >= 11 is 0. The Balaban J connectivity index is 0.000000956. The van der Waals surface area contributed by atoms with Gasteiger partial charge in [-0.15, -0.1) is 0 Å². The first-order valence-electron chi connectivity index (χ1n) is 14.3. The second-order valence-electron chi connectivity index (χ2n) is 9.76. The maximum atomic E-state index is 2.45. The van der Waals surface area contributed by atoms with Crippen LogP contribution in [0, 0.1) is 0 Å². The van der Waals surface area contributed by atoms with Gasteiger partial charge in [0.15, 0.2) is 0 Å². The van der Waals surface area contributed by atoms with E-state index in [1.54, 1.807) is 0 Å². The van der Waals surface area contributed by atoms with Crippen molar-refractivity contribution >= 4 is 28.2 Å². The van der Waals surface area contributed by atoms with E-state index >= 15 is 0 Å². The first-order valence-corrected chi connectivity index (χ1v) is 14.3. The Kier molecular flexibility index (Phi) is 10.1. The number of benzene rings is 3. The van der Waals surface area contributed by atoms with Crippen LogP contribution in [0.25, 0.3) is 11.1 Å². The number of rotatable bonds is 5. The number of nitrogens with zero attached hydrogens (tertiary/aromatic N) is 1. The van der Waals surface area contributed by atoms with Crippen LogP contribution in [0.3, 0.4) is 0 Å². The van der Waals surface area contributed by atoms with Gasteiger partial charge in [-0.3, -0.25) is 0 Å². The van der Waals surface area contributed by atoms with Gasteiger partial charge in [-0.05, 0) is 96.5 Å². The standard InChI is InChI=1S/C33H33N.2C2H6/c1-5-6-13-24(2)25-14-12-17-27(22-25)34(26-15-8-7-9-16-26)28-20-21-30-29-18-10-11-19-31(29)33(3,4)32(30)23-28;2*1-2/h5-9,12-23H,10-11H2,1-4H3;2*1-2H3/b6-5-,24-13+;;. The Bertz CT molecular complexity index is 1330. The highest BCUT2D eigenvalue weighted by atomic mass is 15.1. The number of para-hydroxylation sites is 1. The van der Waals surface area contributed by atoms with E-state index in [1.807, 2.05) is 27.7 Å². The summed E-state index contributed by atoms with van der Waals surface area (Å²) < 4.78 is 0. The number of hydrogen-bond donors (Lipinski definition) is 0. The first kappa shape index (κ1) is 29.0. The molecule has 2 aliphatic rings. The lowest BCUT2D eigenvalue weighted by Crippen LogP contribution is -2.17. The smallest absolute Gasteiger partial charge is 0.0467 e. The molecule has 0 unspecified atom stereocenters. The third kappa shape index (κ3) is 5.78. The molecule has 0 saturated carbocycles. The molecule has 0 saturated heterocycles. The number of allylic oxidation sites excluding steroid dienone is 8. The highest BCUT2D eigenvalue weighted by Gasteiger charge is 2.39. The number of fused-ring (bicyclic) bond motifs is 3. The van der Waals surface area contributed by atoms with Crippen molar-refractivity contribution < 1.29 is 0 Å². The predicted octanol–water partition coefficient (Wildman–Crippen LogP) is 11.6. The molecule has 38 heavy (non-hydrogen) atoms. The highest BCUT2D eigenvalue weighted by Crippen LogP contribution is 2.52. The molecule has 0 spiro atoms. The van der Waals surface area contributed by atoms with Gasteiger partial charge in [0.05, 0.1) is 0 Å². The molecule has 0 atom stereocenters. The van der Waals surface area contributed by atoms with Gasteiger partial charge in [0.2, 0.25) is 0 Å². The van der Waals surface area contributed by atoms with Crippen LogP contribution >= 0.6 is 0 Å². The molecule has 0 radical (unpaired) electrons. The molecule has 2 aliphatic carbocycles. The van der Waals surface area contributed by atoms with Crippen LogP contribution in [0.2, 0.25) is 0 Å². The highest BCUT2D eigenvalue weighted by molar-refractivity contribution is 5.92. The van der Waals surface area contributed by atoms with Crippen LogP contribution in [0.1, 0.15) is 84.9 Å². The number of hydrogen-bond acceptors (Lipinski definition) is 1. The molecule has 0 aliphatic heterocycles. The molecule has 3 aromatic rings. The van der Waals surface area contributed by atoms with Crippen LogP contribution < -0.4 is 4.90 Å². The summed E-state index contributed by atoms with van der Waals surface area (Å²) in [4.78, 5) is 2.38. The van der Waals surface area contributed by atoms with Crippen molar-refractivity contribution in [2.45, 2.75) is 73.6 Å². The normalized spacial score (nSPS) is 15.2. The average Bonchev–Trinajstić information content (AvgIpc) is 3.21. The zero-order valence-electron chi connectivity index (χ0n) is 24.7. The summed E-state index contributed by atoms with van der Waals surface area (Å²) in [6, 6.07) is 26.6. The van der Waals surface area contributed by atoms with Gasteiger partial charge >= 0.3 is 0 Å². The maximum absolute atomic E-state index is 2.45. The quantitative estimate of drug-likeness (QED) is 0.313. The van der Waals surface area contributed by atoms with E-state index in [2.05, 4.69) is 136 Å². The molecular formula is C37H45N. The maximum Gasteiger partial charge on any atom is 0.0467 e. The van der Waals surface area contributed by atoms with Gasteiger partial charge in [-0.1, -0.05) is 108 Å². The lowest BCUT2D eigenvalue weighted by molar-refractivity contribution is 0.654. The molecular weight excluding hydrogens is 458 g/mol. The molecule has 1 nitrogen and oxygen atoms in total. The largest absolute Gasteiger partial charge is 0.310 e. The zero-order chi connectivity index (χ0) is 27.7. The van der Waals surface area contributed by atoms with Gasteiger partial charge in [0, 0.05) is 22.5 Å². The lowest BCUT2D eigenvalue weighted by atomic mass is 9.80. The van der Waals surface area contributed by atoms with Gasteiger partial charge in [-0.2, -0.15) is 0 Å². The van der Waals surface area contributed by atoms with E-state index in [9.17, 15) is 0 Å². The Morgan fingerprint density at radius 3 is 2.13 bits per heavy atom. The topological polar surface area (TPSA) is 3.24 Å². The van der Waals surface area contributed by atoms with Crippen LogP contribution in [0.15, 0.2) is 109 Å². The summed E-state index contributed by atoms with van der Waals surface area (Å²) in [6.07, 6.45) is 13.5. The van der Waals surface area contributed by atoms with Gasteiger partial charge in [-0.25, -0.2) is 0 Å². The zero-order valence-corrected chi connectivity index (χ0v) is 24.7. The summed E-state index contributed by atoms with van der Waals surface area (Å²) in [6.45, 7) is 17.0. The third-order valence-electron chi connectivity index (χ3n) is 7.16. The van der Waals surface area contributed by atoms with Crippen LogP contribution in [-0.2, 0) is 5.41 Å². The van der Waals surface area contributed by atoms with Crippen molar-refractivity contribution in [3.8, 4) is 0 Å². The molecule has 5 rings (SSSR count). The Morgan fingerprint density at radius 2 is 1.42 bits per heavy atom. The van der Waals surface area contributed by atoms with Gasteiger partial charge < -0.3 is 4.90 Å². The molecule has 0 heterocycles. The molecule has 0 N–H and O–H groups in total. The molecule has 1 heteroatoms. The Morgan fingerprint density at radius 1 is 0.763 bits per heavy atom. The average molecular weight is 504 g/mol. The third-order valence-corrected chi connectivity index (χ3v) is 7.16. The van der Waals surface area contributed by atoms with Crippen molar-refractivity contribution in [2.75, 3.05) is 4.90 Å². The van der Waals surface area contributed by atoms with Crippen molar-refractivity contribution in [2.24, 2.45) is 0 Å². The van der Waals surface area contributed by atoms with Gasteiger partial charge in [0.25, 0.3) is 0 Å². The molecule has 0 fully saturated rings. The van der Waals surface area contributed by atoms with Crippen molar-refractivity contribution in [3.05, 3.63) is 125 Å². The van der Waals surface area contributed by atoms with E-state index in [4.69, 9.17) is 0 Å². The minimum atomic E-state index is 0.0214. The SMILES string of the molecule is C/C=C\C=C(/C)c1cccc(N(c2ccccc2)c2ccc3c(c2)C(C)(C)C2=CCCC=C23)c1.CC.CC. The molecule has 0 amide bonds. The molecule has 0 aromatic heterocycles.